The van der Waals surface area contributed by atoms with Gasteiger partial charge in [0.15, 0.2) is 0 Å². The SMILES string of the molecule is C=C=CS[C@@H]1C(C)=C(C=C)CC[C@@H]1C. The van der Waals surface area contributed by atoms with E-state index < -0.39 is 0 Å². The van der Waals surface area contributed by atoms with Crippen LogP contribution in [0.3, 0.4) is 0 Å². The molecule has 0 aromatic heterocycles. The maximum absolute atomic E-state index is 3.87. The molecule has 0 aliphatic heterocycles. The second kappa shape index (κ2) is 5.29. The minimum Gasteiger partial charge on any atom is -0.122 e. The summed E-state index contributed by atoms with van der Waals surface area (Å²) in [5, 5.41) is 2.56. The van der Waals surface area contributed by atoms with Gasteiger partial charge in [0.1, 0.15) is 0 Å². The van der Waals surface area contributed by atoms with Gasteiger partial charge in [0.05, 0.1) is 0 Å². The fraction of sp³-hybridized carbons (Fsp3) is 0.462. The molecule has 0 aromatic carbocycles. The molecule has 0 aromatic rings. The Bertz CT molecular complexity index is 292. The molecule has 0 saturated heterocycles. The van der Waals surface area contributed by atoms with Gasteiger partial charge in [-0.3, -0.25) is 0 Å². The maximum Gasteiger partial charge on any atom is 0.0332 e. The second-order valence-electron chi connectivity index (χ2n) is 3.81. The molecule has 1 aliphatic rings. The molecule has 1 heteroatoms. The molecule has 0 saturated carbocycles. The van der Waals surface area contributed by atoms with Gasteiger partial charge in [-0.25, -0.2) is 0 Å². The van der Waals surface area contributed by atoms with Gasteiger partial charge in [-0.1, -0.05) is 31.7 Å². The van der Waals surface area contributed by atoms with E-state index in [2.05, 4.69) is 32.7 Å². The van der Waals surface area contributed by atoms with Crippen molar-refractivity contribution in [1.82, 2.24) is 0 Å². The van der Waals surface area contributed by atoms with Crippen molar-refractivity contribution in [2.24, 2.45) is 5.92 Å². The molecule has 76 valence electrons. The molecule has 0 spiro atoms. The van der Waals surface area contributed by atoms with E-state index in [1.807, 2.05) is 23.2 Å². The van der Waals surface area contributed by atoms with Crippen LogP contribution in [-0.2, 0) is 0 Å². The highest BCUT2D eigenvalue weighted by Gasteiger charge is 2.24. The molecule has 14 heavy (non-hydrogen) atoms. The molecule has 0 bridgehead atoms. The van der Waals surface area contributed by atoms with Gasteiger partial charge in [-0.05, 0) is 31.3 Å². The number of thioether (sulfide) groups is 1. The zero-order valence-electron chi connectivity index (χ0n) is 9.05. The van der Waals surface area contributed by atoms with Crippen LogP contribution in [-0.4, -0.2) is 5.25 Å². The summed E-state index contributed by atoms with van der Waals surface area (Å²) in [6.45, 7) is 12.0. The number of hydrogen-bond acceptors (Lipinski definition) is 1. The van der Waals surface area contributed by atoms with E-state index in [0.29, 0.717) is 5.25 Å². The Labute approximate surface area is 91.5 Å². The van der Waals surface area contributed by atoms with Crippen molar-refractivity contribution in [1.29, 1.82) is 0 Å². The summed E-state index contributed by atoms with van der Waals surface area (Å²) >= 11 is 1.83. The van der Waals surface area contributed by atoms with E-state index in [1.54, 1.807) is 0 Å². The first kappa shape index (κ1) is 11.4. The standard InChI is InChI=1S/C13H18S/c1-5-9-14-13-10(3)7-8-12(6-2)11(13)4/h6,9-10,13H,1-2,7-8H2,3-4H3/t10-,13-/m0/s1. The average Bonchev–Trinajstić information content (AvgIpc) is 2.18. The molecule has 0 nitrogen and oxygen atoms in total. The molecule has 1 rings (SSSR count). The molecular formula is C13H18S. The first-order valence-electron chi connectivity index (χ1n) is 5.02. The van der Waals surface area contributed by atoms with Gasteiger partial charge in [0.25, 0.3) is 0 Å². The number of allylic oxidation sites excluding steroid dienone is 2. The third-order valence-corrected chi connectivity index (χ3v) is 4.28. The summed E-state index contributed by atoms with van der Waals surface area (Å²) in [5.74, 6) is 0.744. The molecule has 0 radical (unpaired) electrons. The van der Waals surface area contributed by atoms with Crippen molar-refractivity contribution < 1.29 is 0 Å². The highest BCUT2D eigenvalue weighted by Crippen LogP contribution is 2.37. The fourth-order valence-corrected chi connectivity index (χ4v) is 2.96. The van der Waals surface area contributed by atoms with Crippen LogP contribution in [0.2, 0.25) is 0 Å². The van der Waals surface area contributed by atoms with Crippen LogP contribution in [0.4, 0.5) is 0 Å². The van der Waals surface area contributed by atoms with Crippen molar-refractivity contribution in [3.05, 3.63) is 41.5 Å². The van der Waals surface area contributed by atoms with Crippen LogP contribution in [0.15, 0.2) is 41.5 Å². The Morgan fingerprint density at radius 1 is 1.57 bits per heavy atom. The lowest BCUT2D eigenvalue weighted by molar-refractivity contribution is 0.513. The molecule has 0 unspecified atom stereocenters. The van der Waals surface area contributed by atoms with Crippen LogP contribution in [0.25, 0.3) is 0 Å². The highest BCUT2D eigenvalue weighted by molar-refractivity contribution is 8.02. The predicted molar refractivity (Wildman–Crippen MR) is 66.4 cm³/mol. The molecule has 1 aliphatic carbocycles. The van der Waals surface area contributed by atoms with E-state index in [4.69, 9.17) is 0 Å². The lowest BCUT2D eigenvalue weighted by atomic mass is 9.85. The Morgan fingerprint density at radius 3 is 2.86 bits per heavy atom. The Morgan fingerprint density at radius 2 is 2.29 bits per heavy atom. The lowest BCUT2D eigenvalue weighted by Gasteiger charge is -2.29. The van der Waals surface area contributed by atoms with E-state index >= 15 is 0 Å². The Hall–Kier alpha value is -0.650. The summed E-state index contributed by atoms with van der Waals surface area (Å²) in [6.07, 6.45) is 4.46. The smallest absolute Gasteiger partial charge is 0.0332 e. The topological polar surface area (TPSA) is 0 Å². The normalized spacial score (nSPS) is 27.0. The van der Waals surface area contributed by atoms with Crippen LogP contribution in [0.1, 0.15) is 26.7 Å². The van der Waals surface area contributed by atoms with Gasteiger partial charge in [0, 0.05) is 10.7 Å². The van der Waals surface area contributed by atoms with Gasteiger partial charge in [-0.15, -0.1) is 17.5 Å². The lowest BCUT2D eigenvalue weighted by Crippen LogP contribution is -2.20. The maximum atomic E-state index is 3.87. The zero-order valence-corrected chi connectivity index (χ0v) is 9.86. The van der Waals surface area contributed by atoms with Crippen molar-refractivity contribution in [2.75, 3.05) is 0 Å². The largest absolute Gasteiger partial charge is 0.122 e. The van der Waals surface area contributed by atoms with Gasteiger partial charge < -0.3 is 0 Å². The minimum absolute atomic E-state index is 0.589. The van der Waals surface area contributed by atoms with Crippen molar-refractivity contribution in [3.8, 4) is 0 Å². The summed E-state index contributed by atoms with van der Waals surface area (Å²) in [4.78, 5) is 0. The molecule has 0 fully saturated rings. The second-order valence-corrected chi connectivity index (χ2v) is 4.82. The average molecular weight is 206 g/mol. The molecule has 2 atom stereocenters. The fourth-order valence-electron chi connectivity index (χ4n) is 1.96. The van der Waals surface area contributed by atoms with Crippen LogP contribution in [0, 0.1) is 5.92 Å². The van der Waals surface area contributed by atoms with Gasteiger partial charge in [-0.2, -0.15) is 0 Å². The monoisotopic (exact) mass is 206 g/mol. The van der Waals surface area contributed by atoms with E-state index in [9.17, 15) is 0 Å². The first-order chi connectivity index (χ1) is 6.70. The van der Waals surface area contributed by atoms with Gasteiger partial charge >= 0.3 is 0 Å². The first-order valence-corrected chi connectivity index (χ1v) is 5.96. The minimum atomic E-state index is 0.589. The number of hydrogen-bond donors (Lipinski definition) is 0. The van der Waals surface area contributed by atoms with Gasteiger partial charge in [0.2, 0.25) is 0 Å². The summed E-state index contributed by atoms with van der Waals surface area (Å²) in [5.41, 5.74) is 5.74. The summed E-state index contributed by atoms with van der Waals surface area (Å²) in [7, 11) is 0. The van der Waals surface area contributed by atoms with Crippen molar-refractivity contribution in [2.45, 2.75) is 31.9 Å². The predicted octanol–water partition coefficient (Wildman–Crippen LogP) is 4.32. The molecule has 0 amide bonds. The van der Waals surface area contributed by atoms with E-state index in [1.165, 1.54) is 24.0 Å². The van der Waals surface area contributed by atoms with Crippen molar-refractivity contribution >= 4 is 11.8 Å². The molecular weight excluding hydrogens is 188 g/mol. The Kier molecular flexibility index (Phi) is 4.31. The van der Waals surface area contributed by atoms with E-state index in [0.717, 1.165) is 5.92 Å². The molecule has 0 heterocycles. The van der Waals surface area contributed by atoms with Crippen molar-refractivity contribution in [3.63, 3.8) is 0 Å². The summed E-state index contributed by atoms with van der Waals surface area (Å²) < 4.78 is 0. The van der Waals surface area contributed by atoms with Crippen LogP contribution in [0.5, 0.6) is 0 Å². The Balaban J connectivity index is 2.87. The molecule has 0 N–H and O–H groups in total. The van der Waals surface area contributed by atoms with E-state index in [-0.39, 0.29) is 0 Å². The highest BCUT2D eigenvalue weighted by atomic mass is 32.2. The third kappa shape index (κ3) is 2.43. The van der Waals surface area contributed by atoms with Crippen LogP contribution < -0.4 is 0 Å². The third-order valence-electron chi connectivity index (χ3n) is 2.86. The van der Waals surface area contributed by atoms with Crippen LogP contribution >= 0.6 is 11.8 Å². The zero-order chi connectivity index (χ0) is 10.6. The summed E-state index contributed by atoms with van der Waals surface area (Å²) in [6, 6.07) is 0. The quantitative estimate of drug-likeness (QED) is 0.620. The number of rotatable bonds is 3.